The quantitative estimate of drug-likeness (QED) is 0.246. The summed E-state index contributed by atoms with van der Waals surface area (Å²) in [5, 5.41) is 5.60. The largest absolute Gasteiger partial charge is 0.361 e. The molecule has 0 saturated carbocycles. The summed E-state index contributed by atoms with van der Waals surface area (Å²) >= 11 is 9.18. The molecule has 0 atom stereocenters. The third-order valence-electron chi connectivity index (χ3n) is 5.69. The Morgan fingerprint density at radius 3 is 2.00 bits per heavy atom. The van der Waals surface area contributed by atoms with Crippen LogP contribution in [0.1, 0.15) is 21.5 Å². The zero-order valence-electron chi connectivity index (χ0n) is 17.6. The number of aromatic nitrogens is 2. The number of aromatic amines is 2. The predicted molar refractivity (Wildman–Crippen MR) is 140 cm³/mol. The first kappa shape index (κ1) is 21.4. The monoisotopic (exact) mass is 516 g/mol. The van der Waals surface area contributed by atoms with Crippen molar-refractivity contribution in [3.8, 4) is 0 Å². The van der Waals surface area contributed by atoms with Gasteiger partial charge >= 0.3 is 0 Å². The summed E-state index contributed by atoms with van der Waals surface area (Å²) in [6.45, 7) is 1.13. The van der Waals surface area contributed by atoms with Crippen LogP contribution in [0.4, 0.5) is 0 Å². The van der Waals surface area contributed by atoms with Gasteiger partial charge in [0.05, 0.1) is 0 Å². The minimum atomic E-state index is -0.231. The van der Waals surface area contributed by atoms with Crippen molar-refractivity contribution in [2.75, 3.05) is 0 Å². The Bertz CT molecular complexity index is 1400. The second-order valence-electron chi connectivity index (χ2n) is 7.84. The van der Waals surface area contributed by atoms with Crippen LogP contribution < -0.4 is 5.32 Å². The Morgan fingerprint density at radius 1 is 0.848 bits per heavy atom. The molecule has 5 aromatic rings. The Balaban J connectivity index is 1.46. The van der Waals surface area contributed by atoms with E-state index in [1.54, 1.807) is 12.1 Å². The van der Waals surface area contributed by atoms with Gasteiger partial charge in [-0.2, -0.15) is 0 Å². The molecule has 0 radical (unpaired) electrons. The number of hydrogen-bond donors (Lipinski definition) is 3. The molecule has 164 valence electrons. The van der Waals surface area contributed by atoms with E-state index in [1.807, 2.05) is 41.6 Å². The van der Waals surface area contributed by atoms with E-state index in [4.69, 9.17) is 12.2 Å². The smallest absolute Gasteiger partial charge is 0.257 e. The normalized spacial score (nSPS) is 11.1. The van der Waals surface area contributed by atoms with E-state index in [0.29, 0.717) is 23.8 Å². The molecule has 0 bridgehead atoms. The average molecular weight is 517 g/mol. The van der Waals surface area contributed by atoms with Crippen LogP contribution in [0.5, 0.6) is 0 Å². The summed E-state index contributed by atoms with van der Waals surface area (Å²) < 4.78 is 0.844. The average Bonchev–Trinajstić information content (AvgIpc) is 3.49. The van der Waals surface area contributed by atoms with Crippen LogP contribution in [0.3, 0.4) is 0 Å². The fraction of sp³-hybridized carbons (Fsp3) is 0.0769. The van der Waals surface area contributed by atoms with Crippen molar-refractivity contribution in [3.63, 3.8) is 0 Å². The van der Waals surface area contributed by atoms with Gasteiger partial charge in [0.25, 0.3) is 5.91 Å². The summed E-state index contributed by atoms with van der Waals surface area (Å²) in [6.07, 6.45) is 3.87. The van der Waals surface area contributed by atoms with Crippen molar-refractivity contribution in [1.82, 2.24) is 20.2 Å². The van der Waals surface area contributed by atoms with Gasteiger partial charge in [-0.3, -0.25) is 10.1 Å². The summed E-state index contributed by atoms with van der Waals surface area (Å²) in [5.41, 5.74) is 4.96. The summed E-state index contributed by atoms with van der Waals surface area (Å²) in [5.74, 6) is -0.231. The molecule has 33 heavy (non-hydrogen) atoms. The number of thiocarbonyl (C=S) groups is 1. The lowest BCUT2D eigenvalue weighted by Gasteiger charge is -2.26. The lowest BCUT2D eigenvalue weighted by atomic mass is 10.1. The number of carbonyl (C=O) groups excluding carboxylic acids is 1. The number of amides is 1. The van der Waals surface area contributed by atoms with E-state index in [9.17, 15) is 4.79 Å². The fourth-order valence-electron chi connectivity index (χ4n) is 4.07. The summed E-state index contributed by atoms with van der Waals surface area (Å²) in [6, 6.07) is 23.8. The number of nitrogens with one attached hydrogen (secondary N) is 3. The molecule has 2 heterocycles. The van der Waals surface area contributed by atoms with Crippen molar-refractivity contribution >= 4 is 61.0 Å². The number of halogens is 1. The Kier molecular flexibility index (Phi) is 5.98. The van der Waals surface area contributed by atoms with Crippen LogP contribution in [0.15, 0.2) is 89.7 Å². The molecular formula is C26H21BrN4OS. The highest BCUT2D eigenvalue weighted by Crippen LogP contribution is 2.23. The third-order valence-corrected chi connectivity index (χ3v) is 6.54. The van der Waals surface area contributed by atoms with E-state index in [2.05, 4.69) is 67.6 Å². The second kappa shape index (κ2) is 9.21. The van der Waals surface area contributed by atoms with Crippen LogP contribution >= 0.6 is 28.1 Å². The number of rotatable bonds is 5. The molecule has 0 fully saturated rings. The lowest BCUT2D eigenvalue weighted by molar-refractivity contribution is 0.0972. The van der Waals surface area contributed by atoms with Crippen LogP contribution in [0, 0.1) is 0 Å². The molecule has 2 aromatic heterocycles. The Hall–Kier alpha value is -3.42. The van der Waals surface area contributed by atoms with Crippen molar-refractivity contribution in [2.45, 2.75) is 13.1 Å². The molecule has 0 aliphatic rings. The molecule has 0 aliphatic heterocycles. The molecule has 5 nitrogen and oxygen atoms in total. The number of hydrogen-bond acceptors (Lipinski definition) is 2. The second-order valence-corrected chi connectivity index (χ2v) is 9.14. The van der Waals surface area contributed by atoms with E-state index in [-0.39, 0.29) is 5.91 Å². The highest BCUT2D eigenvalue weighted by molar-refractivity contribution is 9.10. The lowest BCUT2D eigenvalue weighted by Crippen LogP contribution is -2.42. The molecule has 7 heteroatoms. The molecule has 0 spiro atoms. The van der Waals surface area contributed by atoms with Crippen molar-refractivity contribution in [3.05, 3.63) is 106 Å². The molecule has 3 aromatic carbocycles. The first-order valence-corrected chi connectivity index (χ1v) is 11.7. The topological polar surface area (TPSA) is 63.9 Å². The first-order chi connectivity index (χ1) is 16.1. The van der Waals surface area contributed by atoms with Crippen LogP contribution in [-0.2, 0) is 13.1 Å². The number of fused-ring (bicyclic) bond motifs is 2. The Morgan fingerprint density at radius 2 is 1.42 bits per heavy atom. The van der Waals surface area contributed by atoms with Crippen LogP contribution in [0.2, 0.25) is 0 Å². The van der Waals surface area contributed by atoms with Crippen molar-refractivity contribution in [1.29, 1.82) is 0 Å². The van der Waals surface area contributed by atoms with Gasteiger partial charge in [0.15, 0.2) is 5.11 Å². The molecule has 5 rings (SSSR count). The summed E-state index contributed by atoms with van der Waals surface area (Å²) in [4.78, 5) is 21.5. The van der Waals surface area contributed by atoms with E-state index >= 15 is 0 Å². The SMILES string of the molecule is O=C(NC(=S)N(Cc1cccc2[nH]ccc12)Cc1cccc2[nH]ccc12)c1cccc(Br)c1. The van der Waals surface area contributed by atoms with E-state index < -0.39 is 0 Å². The van der Waals surface area contributed by atoms with Gasteiger partial charge in [0.2, 0.25) is 0 Å². The van der Waals surface area contributed by atoms with Gasteiger partial charge in [0, 0.05) is 57.3 Å². The fourth-order valence-corrected chi connectivity index (χ4v) is 4.69. The number of benzene rings is 3. The highest BCUT2D eigenvalue weighted by Gasteiger charge is 2.18. The van der Waals surface area contributed by atoms with Gasteiger partial charge in [-0.25, -0.2) is 0 Å². The molecule has 0 unspecified atom stereocenters. The highest BCUT2D eigenvalue weighted by atomic mass is 79.9. The maximum Gasteiger partial charge on any atom is 0.257 e. The van der Waals surface area contributed by atoms with Gasteiger partial charge in [-0.1, -0.05) is 46.3 Å². The van der Waals surface area contributed by atoms with Gasteiger partial charge < -0.3 is 14.9 Å². The molecule has 3 N–H and O–H groups in total. The van der Waals surface area contributed by atoms with E-state index in [0.717, 1.165) is 37.4 Å². The van der Waals surface area contributed by atoms with Crippen LogP contribution in [-0.4, -0.2) is 25.9 Å². The van der Waals surface area contributed by atoms with Gasteiger partial charge in [-0.05, 0) is 65.8 Å². The van der Waals surface area contributed by atoms with Crippen molar-refractivity contribution < 1.29 is 4.79 Å². The van der Waals surface area contributed by atoms with Gasteiger partial charge in [0.1, 0.15) is 0 Å². The van der Waals surface area contributed by atoms with E-state index in [1.165, 1.54) is 0 Å². The molecule has 0 aliphatic carbocycles. The Labute approximate surface area is 204 Å². The number of H-pyrrole nitrogens is 2. The minimum absolute atomic E-state index is 0.231. The van der Waals surface area contributed by atoms with Gasteiger partial charge in [-0.15, -0.1) is 0 Å². The standard InChI is InChI=1S/C26H21BrN4OS/c27-20-7-1-4-17(14-20)25(32)30-26(33)31(15-18-5-2-8-23-21(18)10-12-28-23)16-19-6-3-9-24-22(19)11-13-29-24/h1-14,28-29H,15-16H2,(H,30,32,33). The minimum Gasteiger partial charge on any atom is -0.361 e. The molecule has 1 amide bonds. The first-order valence-electron chi connectivity index (χ1n) is 10.5. The third kappa shape index (κ3) is 4.55. The maximum atomic E-state index is 12.9. The molecule has 0 saturated heterocycles. The number of nitrogens with zero attached hydrogens (tertiary/aromatic N) is 1. The predicted octanol–water partition coefficient (Wildman–Crippen LogP) is 6.13. The zero-order valence-corrected chi connectivity index (χ0v) is 20.0. The van der Waals surface area contributed by atoms with Crippen LogP contribution in [0.25, 0.3) is 21.8 Å². The number of carbonyl (C=O) groups is 1. The zero-order chi connectivity index (χ0) is 22.8. The summed E-state index contributed by atoms with van der Waals surface area (Å²) in [7, 11) is 0. The maximum absolute atomic E-state index is 12.9. The van der Waals surface area contributed by atoms with Crippen molar-refractivity contribution in [2.24, 2.45) is 0 Å². The molecular weight excluding hydrogens is 496 g/mol.